The van der Waals surface area contributed by atoms with Gasteiger partial charge in [0.25, 0.3) is 5.91 Å². The number of aromatic nitrogens is 2. The quantitative estimate of drug-likeness (QED) is 0.327. The van der Waals surface area contributed by atoms with E-state index >= 15 is 0 Å². The topological polar surface area (TPSA) is 88.6 Å². The molecule has 3 rings (SSSR count). The smallest absolute Gasteiger partial charge is 0.289 e. The normalized spacial score (nSPS) is 10.8. The van der Waals surface area contributed by atoms with Gasteiger partial charge in [0, 0.05) is 5.56 Å². The third kappa shape index (κ3) is 5.44. The summed E-state index contributed by atoms with van der Waals surface area (Å²) in [5.74, 6) is 1.13. The number of methoxy groups -OCH3 is 1. The molecule has 1 amide bonds. The van der Waals surface area contributed by atoms with Crippen LogP contribution in [0.2, 0.25) is 0 Å². The van der Waals surface area contributed by atoms with Gasteiger partial charge in [0.2, 0.25) is 0 Å². The summed E-state index contributed by atoms with van der Waals surface area (Å²) in [5, 5.41) is 11.0. The fourth-order valence-corrected chi connectivity index (χ4v) is 2.62. The minimum atomic E-state index is -0.377. The molecular formula is C22H24N4O3. The van der Waals surface area contributed by atoms with E-state index in [9.17, 15) is 4.79 Å². The number of aromatic amines is 1. The number of carbonyl (C=O) groups excluding carboxylic acids is 1. The summed E-state index contributed by atoms with van der Waals surface area (Å²) in [6, 6.07) is 16.7. The molecule has 1 aromatic heterocycles. The molecule has 0 radical (unpaired) electrons. The second-order valence-corrected chi connectivity index (χ2v) is 6.34. The fraction of sp³-hybridized carbons (Fsp3) is 0.227. The first-order valence-corrected chi connectivity index (χ1v) is 9.46. The molecule has 3 aromatic rings. The summed E-state index contributed by atoms with van der Waals surface area (Å²) >= 11 is 0. The van der Waals surface area contributed by atoms with Crippen molar-refractivity contribution in [2.45, 2.75) is 19.8 Å². The van der Waals surface area contributed by atoms with Gasteiger partial charge in [0.05, 0.1) is 25.6 Å². The molecular weight excluding hydrogens is 368 g/mol. The van der Waals surface area contributed by atoms with E-state index in [1.54, 1.807) is 19.4 Å². The summed E-state index contributed by atoms with van der Waals surface area (Å²) in [6.07, 6.45) is 3.60. The maximum Gasteiger partial charge on any atom is 0.289 e. The average Bonchev–Trinajstić information content (AvgIpc) is 3.25. The van der Waals surface area contributed by atoms with Crippen LogP contribution in [0.5, 0.6) is 11.5 Å². The first-order chi connectivity index (χ1) is 14.2. The Kier molecular flexibility index (Phi) is 7.00. The molecule has 1 heterocycles. The van der Waals surface area contributed by atoms with E-state index in [0.717, 1.165) is 35.5 Å². The van der Waals surface area contributed by atoms with Crippen molar-refractivity contribution in [3.8, 4) is 22.8 Å². The van der Waals surface area contributed by atoms with Crippen LogP contribution in [0.1, 0.15) is 35.8 Å². The number of ether oxygens (including phenoxy) is 2. The van der Waals surface area contributed by atoms with E-state index in [1.807, 2.05) is 48.5 Å². The Hall–Kier alpha value is -3.61. The summed E-state index contributed by atoms with van der Waals surface area (Å²) in [5.41, 5.74) is 5.13. The number of carbonyl (C=O) groups is 1. The lowest BCUT2D eigenvalue weighted by atomic mass is 10.1. The van der Waals surface area contributed by atoms with Crippen LogP contribution < -0.4 is 14.9 Å². The largest absolute Gasteiger partial charge is 0.497 e. The van der Waals surface area contributed by atoms with E-state index in [0.29, 0.717) is 18.0 Å². The van der Waals surface area contributed by atoms with Gasteiger partial charge < -0.3 is 9.47 Å². The highest BCUT2D eigenvalue weighted by Crippen LogP contribution is 2.28. The van der Waals surface area contributed by atoms with Crippen LogP contribution in [-0.4, -0.2) is 36.0 Å². The lowest BCUT2D eigenvalue weighted by molar-refractivity contribution is 0.0950. The number of H-pyrrole nitrogens is 1. The molecule has 0 aliphatic heterocycles. The molecule has 0 aliphatic rings. The number of hydrazone groups is 1. The molecule has 2 N–H and O–H groups in total. The van der Waals surface area contributed by atoms with Crippen LogP contribution in [0.25, 0.3) is 11.3 Å². The van der Waals surface area contributed by atoms with Crippen molar-refractivity contribution in [3.63, 3.8) is 0 Å². The minimum absolute atomic E-state index is 0.315. The molecule has 150 valence electrons. The SMILES string of the molecule is CCCCOc1ccccc1-c1cc(C(=O)N/N=C\c2ccc(OC)cc2)[nH]n1. The molecule has 7 nitrogen and oxygen atoms in total. The standard InChI is InChI=1S/C22H24N4O3/c1-3-4-13-29-21-8-6-5-7-18(21)19-14-20(25-24-19)22(27)26-23-15-16-9-11-17(28-2)12-10-16/h5-12,14-15H,3-4,13H2,1-2H3,(H,24,25)(H,26,27)/b23-15-. The third-order valence-electron chi connectivity index (χ3n) is 4.24. The van der Waals surface area contributed by atoms with Crippen molar-refractivity contribution in [1.82, 2.24) is 15.6 Å². The van der Waals surface area contributed by atoms with Gasteiger partial charge in [-0.1, -0.05) is 25.5 Å². The van der Waals surface area contributed by atoms with E-state index in [4.69, 9.17) is 9.47 Å². The first kappa shape index (κ1) is 20.1. The number of para-hydroxylation sites is 1. The number of hydrogen-bond donors (Lipinski definition) is 2. The number of nitrogens with zero attached hydrogens (tertiary/aromatic N) is 2. The van der Waals surface area contributed by atoms with Crippen molar-refractivity contribution < 1.29 is 14.3 Å². The van der Waals surface area contributed by atoms with Crippen molar-refractivity contribution >= 4 is 12.1 Å². The average molecular weight is 392 g/mol. The van der Waals surface area contributed by atoms with Gasteiger partial charge in [-0.05, 0) is 54.4 Å². The fourth-order valence-electron chi connectivity index (χ4n) is 2.62. The van der Waals surface area contributed by atoms with Crippen LogP contribution in [-0.2, 0) is 0 Å². The van der Waals surface area contributed by atoms with Crippen molar-refractivity contribution in [3.05, 3.63) is 65.9 Å². The Balaban J connectivity index is 1.65. The monoisotopic (exact) mass is 392 g/mol. The maximum absolute atomic E-state index is 12.3. The van der Waals surface area contributed by atoms with Crippen LogP contribution in [0.3, 0.4) is 0 Å². The second-order valence-electron chi connectivity index (χ2n) is 6.34. The number of nitrogens with one attached hydrogen (secondary N) is 2. The van der Waals surface area contributed by atoms with Crippen molar-refractivity contribution in [2.24, 2.45) is 5.10 Å². The van der Waals surface area contributed by atoms with Gasteiger partial charge in [-0.2, -0.15) is 10.2 Å². The molecule has 0 spiro atoms. The molecule has 0 atom stereocenters. The lowest BCUT2D eigenvalue weighted by Crippen LogP contribution is -2.17. The molecule has 0 unspecified atom stereocenters. The van der Waals surface area contributed by atoms with Gasteiger partial charge in [0.1, 0.15) is 17.2 Å². The number of hydrogen-bond acceptors (Lipinski definition) is 5. The van der Waals surface area contributed by atoms with Gasteiger partial charge in [-0.25, -0.2) is 5.43 Å². The molecule has 0 saturated carbocycles. The molecule has 0 aliphatic carbocycles. The first-order valence-electron chi connectivity index (χ1n) is 9.46. The highest BCUT2D eigenvalue weighted by atomic mass is 16.5. The summed E-state index contributed by atoms with van der Waals surface area (Å²) < 4.78 is 11.0. The number of amides is 1. The number of unbranched alkanes of at least 4 members (excludes halogenated alkanes) is 1. The van der Waals surface area contributed by atoms with Gasteiger partial charge >= 0.3 is 0 Å². The predicted molar refractivity (Wildman–Crippen MR) is 112 cm³/mol. The highest BCUT2D eigenvalue weighted by Gasteiger charge is 2.13. The predicted octanol–water partition coefficient (Wildman–Crippen LogP) is 4.03. The Bertz CT molecular complexity index is 964. The molecule has 0 bridgehead atoms. The summed E-state index contributed by atoms with van der Waals surface area (Å²) in [6.45, 7) is 2.76. The highest BCUT2D eigenvalue weighted by molar-refractivity contribution is 5.94. The Morgan fingerprint density at radius 1 is 1.21 bits per heavy atom. The van der Waals surface area contributed by atoms with Crippen LogP contribution >= 0.6 is 0 Å². The third-order valence-corrected chi connectivity index (χ3v) is 4.24. The lowest BCUT2D eigenvalue weighted by Gasteiger charge is -2.09. The molecule has 29 heavy (non-hydrogen) atoms. The van der Waals surface area contributed by atoms with E-state index in [2.05, 4.69) is 27.6 Å². The summed E-state index contributed by atoms with van der Waals surface area (Å²) in [7, 11) is 1.61. The molecule has 0 fully saturated rings. The Labute approximate surface area is 169 Å². The van der Waals surface area contributed by atoms with Crippen molar-refractivity contribution in [1.29, 1.82) is 0 Å². The zero-order valence-corrected chi connectivity index (χ0v) is 16.5. The van der Waals surface area contributed by atoms with Crippen LogP contribution in [0.15, 0.2) is 59.7 Å². The zero-order chi connectivity index (χ0) is 20.5. The summed E-state index contributed by atoms with van der Waals surface area (Å²) in [4.78, 5) is 12.3. The van der Waals surface area contributed by atoms with Crippen LogP contribution in [0, 0.1) is 0 Å². The van der Waals surface area contributed by atoms with E-state index < -0.39 is 0 Å². The van der Waals surface area contributed by atoms with Gasteiger partial charge in [0.15, 0.2) is 0 Å². The molecule has 0 saturated heterocycles. The second kappa shape index (κ2) is 10.1. The maximum atomic E-state index is 12.3. The molecule has 2 aromatic carbocycles. The van der Waals surface area contributed by atoms with E-state index in [1.165, 1.54) is 0 Å². The van der Waals surface area contributed by atoms with Crippen LogP contribution in [0.4, 0.5) is 0 Å². The number of benzene rings is 2. The molecule has 7 heteroatoms. The van der Waals surface area contributed by atoms with Gasteiger partial charge in [-0.15, -0.1) is 0 Å². The van der Waals surface area contributed by atoms with E-state index in [-0.39, 0.29) is 5.91 Å². The zero-order valence-electron chi connectivity index (χ0n) is 16.5. The Morgan fingerprint density at radius 2 is 2.00 bits per heavy atom. The number of rotatable bonds is 9. The van der Waals surface area contributed by atoms with Gasteiger partial charge in [-0.3, -0.25) is 9.89 Å². The minimum Gasteiger partial charge on any atom is -0.497 e. The van der Waals surface area contributed by atoms with Crippen molar-refractivity contribution in [2.75, 3.05) is 13.7 Å². The Morgan fingerprint density at radius 3 is 2.76 bits per heavy atom.